The summed E-state index contributed by atoms with van der Waals surface area (Å²) in [6.07, 6.45) is 1.39. The van der Waals surface area contributed by atoms with Gasteiger partial charge in [-0.15, -0.1) is 11.3 Å². The van der Waals surface area contributed by atoms with Crippen LogP contribution in [0.3, 0.4) is 0 Å². The average Bonchev–Trinajstić information content (AvgIpc) is 3.25. The number of primary amides is 1. The standard InChI is InChI=1S/C21H26ClN3O6S/c1-29-11-12-30-16-6-5-14(22)13-15(16)25-20(27)18-8-7-17(32-18)19(26)24-9-3-2-4-10-31-21(23)28/h5-8,13H,2-4,9-12H2,1H3,(H2,23,28)(H,24,26)(H,25,27). The van der Waals surface area contributed by atoms with Crippen LogP contribution in [0.5, 0.6) is 5.75 Å². The van der Waals surface area contributed by atoms with Crippen molar-refractivity contribution in [3.63, 3.8) is 0 Å². The van der Waals surface area contributed by atoms with Crippen molar-refractivity contribution in [3.05, 3.63) is 45.1 Å². The molecule has 1 aromatic carbocycles. The van der Waals surface area contributed by atoms with Crippen LogP contribution in [-0.2, 0) is 9.47 Å². The molecule has 9 nitrogen and oxygen atoms in total. The van der Waals surface area contributed by atoms with Gasteiger partial charge in [0.15, 0.2) is 0 Å². The van der Waals surface area contributed by atoms with Crippen LogP contribution in [0.1, 0.15) is 38.6 Å². The molecule has 0 bridgehead atoms. The molecule has 3 amide bonds. The minimum absolute atomic E-state index is 0.256. The highest BCUT2D eigenvalue weighted by Gasteiger charge is 2.16. The van der Waals surface area contributed by atoms with Crippen molar-refractivity contribution in [2.24, 2.45) is 5.73 Å². The Bertz CT molecular complexity index is 921. The van der Waals surface area contributed by atoms with E-state index in [1.165, 1.54) is 0 Å². The van der Waals surface area contributed by atoms with E-state index in [0.29, 0.717) is 52.4 Å². The number of thiophene rings is 1. The molecule has 11 heteroatoms. The van der Waals surface area contributed by atoms with Crippen LogP contribution in [0.15, 0.2) is 30.3 Å². The number of unbranched alkanes of at least 4 members (excludes halogenated alkanes) is 2. The number of rotatable bonds is 13. The summed E-state index contributed by atoms with van der Waals surface area (Å²) in [4.78, 5) is 36.2. The molecule has 0 unspecified atom stereocenters. The number of halogens is 1. The quantitative estimate of drug-likeness (QED) is 0.373. The molecule has 1 aromatic heterocycles. The van der Waals surface area contributed by atoms with Gasteiger partial charge < -0.3 is 30.6 Å². The topological polar surface area (TPSA) is 129 Å². The van der Waals surface area contributed by atoms with Gasteiger partial charge in [0.1, 0.15) is 12.4 Å². The van der Waals surface area contributed by atoms with E-state index in [-0.39, 0.29) is 18.4 Å². The number of carbonyl (C=O) groups is 3. The molecule has 2 aromatic rings. The Morgan fingerprint density at radius 1 is 1.00 bits per heavy atom. The first-order valence-electron chi connectivity index (χ1n) is 9.93. The summed E-state index contributed by atoms with van der Waals surface area (Å²) in [5.74, 6) is -0.160. The third-order valence-electron chi connectivity index (χ3n) is 4.14. The van der Waals surface area contributed by atoms with E-state index >= 15 is 0 Å². The highest BCUT2D eigenvalue weighted by Crippen LogP contribution is 2.29. The van der Waals surface area contributed by atoms with Gasteiger partial charge in [-0.1, -0.05) is 11.6 Å². The summed E-state index contributed by atoms with van der Waals surface area (Å²) < 4.78 is 15.2. The zero-order chi connectivity index (χ0) is 23.3. The first kappa shape index (κ1) is 25.4. The van der Waals surface area contributed by atoms with Gasteiger partial charge in [0, 0.05) is 18.7 Å². The fourth-order valence-corrected chi connectivity index (χ4v) is 3.58. The fraction of sp³-hybridized carbons (Fsp3) is 0.381. The van der Waals surface area contributed by atoms with Crippen molar-refractivity contribution < 1.29 is 28.6 Å². The number of ether oxygens (including phenoxy) is 3. The molecule has 0 saturated carbocycles. The molecule has 0 aliphatic carbocycles. The lowest BCUT2D eigenvalue weighted by molar-refractivity contribution is 0.0956. The number of hydrogen-bond donors (Lipinski definition) is 3. The molecule has 0 spiro atoms. The lowest BCUT2D eigenvalue weighted by Crippen LogP contribution is -2.23. The van der Waals surface area contributed by atoms with Crippen LogP contribution in [0.2, 0.25) is 5.02 Å². The third-order valence-corrected chi connectivity index (χ3v) is 5.46. The second-order valence-corrected chi connectivity index (χ2v) is 8.10. The van der Waals surface area contributed by atoms with E-state index in [2.05, 4.69) is 15.4 Å². The number of amides is 3. The lowest BCUT2D eigenvalue weighted by atomic mass is 10.2. The third kappa shape index (κ3) is 8.74. The molecular formula is C21H26ClN3O6S. The average molecular weight is 484 g/mol. The van der Waals surface area contributed by atoms with Crippen LogP contribution in [0, 0.1) is 0 Å². The van der Waals surface area contributed by atoms with Crippen molar-refractivity contribution >= 4 is 46.5 Å². The van der Waals surface area contributed by atoms with E-state index in [1.807, 2.05) is 0 Å². The van der Waals surface area contributed by atoms with Gasteiger partial charge in [-0.3, -0.25) is 9.59 Å². The van der Waals surface area contributed by atoms with Gasteiger partial charge in [0.25, 0.3) is 11.8 Å². The number of nitrogens with two attached hydrogens (primary N) is 1. The molecule has 0 radical (unpaired) electrons. The van der Waals surface area contributed by atoms with Crippen molar-refractivity contribution in [3.8, 4) is 5.75 Å². The first-order chi connectivity index (χ1) is 15.4. The summed E-state index contributed by atoms with van der Waals surface area (Å²) in [5.41, 5.74) is 5.31. The van der Waals surface area contributed by atoms with Gasteiger partial charge in [0.05, 0.1) is 28.7 Å². The van der Waals surface area contributed by atoms with Crippen molar-refractivity contribution in [2.75, 3.05) is 38.8 Å². The van der Waals surface area contributed by atoms with Crippen molar-refractivity contribution in [1.29, 1.82) is 0 Å². The van der Waals surface area contributed by atoms with Crippen molar-refractivity contribution in [2.45, 2.75) is 19.3 Å². The Morgan fingerprint density at radius 2 is 1.75 bits per heavy atom. The molecular weight excluding hydrogens is 458 g/mol. The molecule has 4 N–H and O–H groups in total. The Kier molecular flexibility index (Phi) is 10.8. The largest absolute Gasteiger partial charge is 0.489 e. The first-order valence-corrected chi connectivity index (χ1v) is 11.1. The molecule has 0 aliphatic heterocycles. The lowest BCUT2D eigenvalue weighted by Gasteiger charge is -2.12. The Balaban J connectivity index is 1.85. The van der Waals surface area contributed by atoms with Crippen LogP contribution < -0.4 is 21.1 Å². The highest BCUT2D eigenvalue weighted by molar-refractivity contribution is 7.16. The van der Waals surface area contributed by atoms with Crippen LogP contribution in [0.25, 0.3) is 0 Å². The summed E-state index contributed by atoms with van der Waals surface area (Å²) >= 11 is 7.13. The van der Waals surface area contributed by atoms with E-state index in [1.54, 1.807) is 37.4 Å². The van der Waals surface area contributed by atoms with E-state index in [9.17, 15) is 14.4 Å². The maximum atomic E-state index is 12.7. The smallest absolute Gasteiger partial charge is 0.404 e. The van der Waals surface area contributed by atoms with Gasteiger partial charge >= 0.3 is 6.09 Å². The SMILES string of the molecule is COCCOc1ccc(Cl)cc1NC(=O)c1ccc(C(=O)NCCCCCOC(N)=O)s1. The number of nitrogens with one attached hydrogen (secondary N) is 2. The Hall–Kier alpha value is -2.82. The zero-order valence-electron chi connectivity index (χ0n) is 17.6. The molecule has 2 rings (SSSR count). The van der Waals surface area contributed by atoms with Gasteiger partial charge in [-0.05, 0) is 49.6 Å². The summed E-state index contributed by atoms with van der Waals surface area (Å²) in [7, 11) is 1.57. The number of carbonyl (C=O) groups excluding carboxylic acids is 3. The summed E-state index contributed by atoms with van der Waals surface area (Å²) in [5, 5.41) is 6.03. The number of anilines is 1. The molecule has 0 atom stereocenters. The molecule has 0 aliphatic rings. The number of hydrogen-bond acceptors (Lipinski definition) is 7. The molecule has 0 fully saturated rings. The maximum absolute atomic E-state index is 12.7. The molecule has 1 heterocycles. The molecule has 32 heavy (non-hydrogen) atoms. The van der Waals surface area contributed by atoms with Crippen LogP contribution in [-0.4, -0.2) is 51.4 Å². The second-order valence-electron chi connectivity index (χ2n) is 6.58. The highest BCUT2D eigenvalue weighted by atomic mass is 35.5. The van der Waals surface area contributed by atoms with Gasteiger partial charge in [-0.25, -0.2) is 4.79 Å². The van der Waals surface area contributed by atoms with Gasteiger partial charge in [-0.2, -0.15) is 0 Å². The second kappa shape index (κ2) is 13.6. The Labute approximate surface area is 195 Å². The fourth-order valence-electron chi connectivity index (χ4n) is 2.59. The summed E-state index contributed by atoms with van der Waals surface area (Å²) in [6, 6.07) is 8.12. The van der Waals surface area contributed by atoms with Crippen LogP contribution in [0.4, 0.5) is 10.5 Å². The molecule has 0 saturated heterocycles. The minimum Gasteiger partial charge on any atom is -0.489 e. The normalized spacial score (nSPS) is 10.4. The van der Waals surface area contributed by atoms with E-state index < -0.39 is 6.09 Å². The predicted octanol–water partition coefficient (Wildman–Crippen LogP) is 3.67. The Morgan fingerprint density at radius 3 is 2.47 bits per heavy atom. The summed E-state index contributed by atoms with van der Waals surface area (Å²) in [6.45, 7) is 1.46. The molecule has 174 valence electrons. The van der Waals surface area contributed by atoms with Crippen LogP contribution >= 0.6 is 22.9 Å². The van der Waals surface area contributed by atoms with E-state index in [0.717, 1.165) is 24.2 Å². The van der Waals surface area contributed by atoms with Crippen molar-refractivity contribution in [1.82, 2.24) is 5.32 Å². The predicted molar refractivity (Wildman–Crippen MR) is 123 cm³/mol. The van der Waals surface area contributed by atoms with Gasteiger partial charge in [0.2, 0.25) is 0 Å². The monoisotopic (exact) mass is 483 g/mol. The minimum atomic E-state index is -0.791. The van der Waals surface area contributed by atoms with E-state index in [4.69, 9.17) is 26.8 Å². The number of methoxy groups -OCH3 is 1. The number of benzene rings is 1. The zero-order valence-corrected chi connectivity index (χ0v) is 19.2. The maximum Gasteiger partial charge on any atom is 0.404 e.